The zero-order valence-electron chi connectivity index (χ0n) is 9.16. The fourth-order valence-electron chi connectivity index (χ4n) is 1.86. The van der Waals surface area contributed by atoms with Gasteiger partial charge in [-0.25, -0.2) is 4.39 Å². The van der Waals surface area contributed by atoms with E-state index in [2.05, 4.69) is 0 Å². The highest BCUT2D eigenvalue weighted by atomic mass is 19.1. The first-order chi connectivity index (χ1) is 7.75. The summed E-state index contributed by atoms with van der Waals surface area (Å²) in [7, 11) is 0. The van der Waals surface area contributed by atoms with Crippen molar-refractivity contribution in [1.82, 2.24) is 0 Å². The maximum atomic E-state index is 12.7. The van der Waals surface area contributed by atoms with Crippen molar-refractivity contribution in [3.05, 3.63) is 47.5 Å². The minimum Gasteiger partial charge on any atom is -0.501 e. The normalized spacial score (nSPS) is 17.5. The zero-order valence-corrected chi connectivity index (χ0v) is 9.16. The van der Waals surface area contributed by atoms with Crippen molar-refractivity contribution in [2.75, 3.05) is 6.61 Å². The average Bonchev–Trinajstić information content (AvgIpc) is 2.33. The molecule has 1 aliphatic rings. The first kappa shape index (κ1) is 11.1. The van der Waals surface area contributed by atoms with E-state index in [1.54, 1.807) is 18.4 Å². The molecule has 1 atom stereocenters. The monoisotopic (exact) mass is 221 g/mol. The van der Waals surface area contributed by atoms with E-state index in [0.717, 1.165) is 37.0 Å². The number of nitrogens with two attached hydrogens (primary N) is 1. The Morgan fingerprint density at radius 2 is 2.06 bits per heavy atom. The zero-order chi connectivity index (χ0) is 11.4. The van der Waals surface area contributed by atoms with Crippen LogP contribution < -0.4 is 5.73 Å². The average molecular weight is 221 g/mol. The Labute approximate surface area is 94.9 Å². The van der Waals surface area contributed by atoms with Crippen LogP contribution in [-0.4, -0.2) is 12.6 Å². The van der Waals surface area contributed by atoms with Crippen molar-refractivity contribution in [1.29, 1.82) is 0 Å². The first-order valence-electron chi connectivity index (χ1n) is 5.56. The van der Waals surface area contributed by atoms with Crippen LogP contribution in [0.4, 0.5) is 4.39 Å². The number of halogens is 1. The molecular weight excluding hydrogens is 205 g/mol. The molecule has 0 spiro atoms. The molecule has 2 N–H and O–H groups in total. The Bertz CT molecular complexity index is 372. The quantitative estimate of drug-likeness (QED) is 0.850. The van der Waals surface area contributed by atoms with E-state index in [4.69, 9.17) is 10.5 Å². The maximum absolute atomic E-state index is 12.7. The lowest BCUT2D eigenvalue weighted by Gasteiger charge is -2.19. The summed E-state index contributed by atoms with van der Waals surface area (Å²) in [6.07, 6.45) is 4.54. The van der Waals surface area contributed by atoms with Crippen LogP contribution in [0.15, 0.2) is 36.1 Å². The number of hydrogen-bond acceptors (Lipinski definition) is 2. The summed E-state index contributed by atoms with van der Waals surface area (Å²) < 4.78 is 18.0. The van der Waals surface area contributed by atoms with Crippen molar-refractivity contribution in [3.63, 3.8) is 0 Å². The largest absolute Gasteiger partial charge is 0.501 e. The molecule has 1 unspecified atom stereocenters. The summed E-state index contributed by atoms with van der Waals surface area (Å²) >= 11 is 0. The Kier molecular flexibility index (Phi) is 3.57. The third kappa shape index (κ3) is 2.83. The molecule has 0 amide bonds. The molecule has 0 bridgehead atoms. The van der Waals surface area contributed by atoms with Crippen molar-refractivity contribution in [2.24, 2.45) is 5.73 Å². The Hall–Kier alpha value is -1.35. The highest BCUT2D eigenvalue weighted by Gasteiger charge is 2.13. The van der Waals surface area contributed by atoms with Gasteiger partial charge >= 0.3 is 0 Å². The van der Waals surface area contributed by atoms with E-state index in [-0.39, 0.29) is 11.9 Å². The minimum absolute atomic E-state index is 0.0224. The van der Waals surface area contributed by atoms with Crippen LogP contribution in [0.2, 0.25) is 0 Å². The van der Waals surface area contributed by atoms with Crippen molar-refractivity contribution >= 4 is 0 Å². The minimum atomic E-state index is -0.211. The molecule has 3 heteroatoms. The standard InChI is InChI=1S/C13H16FNO/c14-12-5-3-10(4-6-12)8-13(15)11-2-1-7-16-9-11/h3-6,9,13H,1-2,7-8,15H2. The third-order valence-corrected chi connectivity index (χ3v) is 2.81. The lowest BCUT2D eigenvalue weighted by atomic mass is 9.96. The number of rotatable bonds is 3. The van der Waals surface area contributed by atoms with E-state index in [9.17, 15) is 4.39 Å². The van der Waals surface area contributed by atoms with Gasteiger partial charge in [-0.05, 0) is 42.5 Å². The summed E-state index contributed by atoms with van der Waals surface area (Å²) in [5.41, 5.74) is 8.28. The molecule has 0 aromatic heterocycles. The highest BCUT2D eigenvalue weighted by molar-refractivity contribution is 5.21. The first-order valence-corrected chi connectivity index (χ1v) is 5.56. The second-order valence-electron chi connectivity index (χ2n) is 4.10. The van der Waals surface area contributed by atoms with Gasteiger partial charge in [0.1, 0.15) is 5.82 Å². The van der Waals surface area contributed by atoms with Crippen LogP contribution in [0.5, 0.6) is 0 Å². The molecule has 86 valence electrons. The fraction of sp³-hybridized carbons (Fsp3) is 0.385. The number of ether oxygens (including phenoxy) is 1. The van der Waals surface area contributed by atoms with Crippen LogP contribution in [0, 0.1) is 5.82 Å². The topological polar surface area (TPSA) is 35.2 Å². The van der Waals surface area contributed by atoms with Crippen LogP contribution >= 0.6 is 0 Å². The molecule has 0 saturated carbocycles. The lowest BCUT2D eigenvalue weighted by molar-refractivity contribution is 0.221. The van der Waals surface area contributed by atoms with Gasteiger partial charge in [-0.1, -0.05) is 12.1 Å². The van der Waals surface area contributed by atoms with Crippen molar-refractivity contribution in [3.8, 4) is 0 Å². The lowest BCUT2D eigenvalue weighted by Crippen LogP contribution is -2.27. The molecule has 0 aliphatic carbocycles. The molecule has 0 saturated heterocycles. The second kappa shape index (κ2) is 5.12. The predicted molar refractivity (Wildman–Crippen MR) is 61.3 cm³/mol. The SMILES string of the molecule is NC(Cc1ccc(F)cc1)C1=COCCC1. The van der Waals surface area contributed by atoms with Gasteiger partial charge in [0.15, 0.2) is 0 Å². The van der Waals surface area contributed by atoms with Gasteiger partial charge in [-0.3, -0.25) is 0 Å². The summed E-state index contributed by atoms with van der Waals surface area (Å²) in [4.78, 5) is 0. The summed E-state index contributed by atoms with van der Waals surface area (Å²) in [6.45, 7) is 0.784. The van der Waals surface area contributed by atoms with Gasteiger partial charge in [0.25, 0.3) is 0 Å². The summed E-state index contributed by atoms with van der Waals surface area (Å²) in [5.74, 6) is -0.211. The highest BCUT2D eigenvalue weighted by Crippen LogP contribution is 2.17. The number of hydrogen-bond donors (Lipinski definition) is 1. The van der Waals surface area contributed by atoms with Crippen LogP contribution in [-0.2, 0) is 11.2 Å². The van der Waals surface area contributed by atoms with Crippen molar-refractivity contribution < 1.29 is 9.13 Å². The van der Waals surface area contributed by atoms with Crippen LogP contribution in [0.1, 0.15) is 18.4 Å². The molecule has 2 rings (SSSR count). The predicted octanol–water partition coefficient (Wildman–Crippen LogP) is 2.39. The molecular formula is C13H16FNO. The third-order valence-electron chi connectivity index (χ3n) is 2.81. The summed E-state index contributed by atoms with van der Waals surface area (Å²) in [5, 5.41) is 0. The summed E-state index contributed by atoms with van der Waals surface area (Å²) in [6, 6.07) is 6.46. The molecule has 1 aromatic carbocycles. The van der Waals surface area contributed by atoms with Gasteiger partial charge in [0.05, 0.1) is 12.9 Å². The van der Waals surface area contributed by atoms with Gasteiger partial charge in [-0.15, -0.1) is 0 Å². The molecule has 0 radical (unpaired) electrons. The fourth-order valence-corrected chi connectivity index (χ4v) is 1.86. The molecule has 1 aliphatic heterocycles. The molecule has 16 heavy (non-hydrogen) atoms. The second-order valence-corrected chi connectivity index (χ2v) is 4.10. The van der Waals surface area contributed by atoms with Crippen LogP contribution in [0.25, 0.3) is 0 Å². The smallest absolute Gasteiger partial charge is 0.123 e. The Morgan fingerprint density at radius 1 is 1.31 bits per heavy atom. The van der Waals surface area contributed by atoms with E-state index >= 15 is 0 Å². The molecule has 0 fully saturated rings. The van der Waals surface area contributed by atoms with Gasteiger partial charge in [-0.2, -0.15) is 0 Å². The van der Waals surface area contributed by atoms with E-state index in [1.165, 1.54) is 12.1 Å². The maximum Gasteiger partial charge on any atom is 0.123 e. The van der Waals surface area contributed by atoms with Gasteiger partial charge < -0.3 is 10.5 Å². The van der Waals surface area contributed by atoms with Crippen LogP contribution in [0.3, 0.4) is 0 Å². The molecule has 2 nitrogen and oxygen atoms in total. The Morgan fingerprint density at radius 3 is 2.69 bits per heavy atom. The van der Waals surface area contributed by atoms with Gasteiger partial charge in [0.2, 0.25) is 0 Å². The van der Waals surface area contributed by atoms with E-state index in [1.807, 2.05) is 0 Å². The molecule has 1 heterocycles. The van der Waals surface area contributed by atoms with E-state index < -0.39 is 0 Å². The van der Waals surface area contributed by atoms with Crippen molar-refractivity contribution in [2.45, 2.75) is 25.3 Å². The Balaban J connectivity index is 1.98. The van der Waals surface area contributed by atoms with E-state index in [0.29, 0.717) is 0 Å². The van der Waals surface area contributed by atoms with Gasteiger partial charge in [0, 0.05) is 6.04 Å². The number of benzene rings is 1. The molecule has 1 aromatic rings.